The number of carboxylic acids is 1. The molecule has 8 heteroatoms. The Bertz CT molecular complexity index is 513. The first kappa shape index (κ1) is 16.2. The molecule has 0 bridgehead atoms. The maximum absolute atomic E-state index is 12.4. The summed E-state index contributed by atoms with van der Waals surface area (Å²) in [6.07, 6.45) is 3.20. The number of aliphatic carboxylic acids is 1. The smallest absolute Gasteiger partial charge is 0.309 e. The molecule has 1 atom stereocenters. The highest BCUT2D eigenvalue weighted by Crippen LogP contribution is 2.32. The highest BCUT2D eigenvalue weighted by Gasteiger charge is 2.43. The molecular weight excluding hydrogens is 308 g/mol. The molecular formula is C14H24N2O5S. The van der Waals surface area contributed by atoms with Crippen molar-refractivity contribution in [1.29, 1.82) is 0 Å². The van der Waals surface area contributed by atoms with Crippen LogP contribution < -0.4 is 0 Å². The summed E-state index contributed by atoms with van der Waals surface area (Å²) in [6.45, 7) is 2.94. The van der Waals surface area contributed by atoms with Crippen molar-refractivity contribution in [3.8, 4) is 0 Å². The quantitative estimate of drug-likeness (QED) is 0.778. The summed E-state index contributed by atoms with van der Waals surface area (Å²) in [5.74, 6) is -1.56. The minimum atomic E-state index is -3.31. The van der Waals surface area contributed by atoms with E-state index in [0.717, 1.165) is 12.8 Å². The second-order valence-corrected chi connectivity index (χ2v) is 8.69. The largest absolute Gasteiger partial charge is 0.481 e. The molecule has 0 aromatic carbocycles. The molecule has 3 aliphatic rings. The molecule has 3 fully saturated rings. The molecule has 0 unspecified atom stereocenters. The molecule has 0 amide bonds. The molecule has 1 aliphatic carbocycles. The monoisotopic (exact) mass is 332 g/mol. The highest BCUT2D eigenvalue weighted by atomic mass is 32.2. The Morgan fingerprint density at radius 2 is 1.73 bits per heavy atom. The molecule has 0 aromatic heterocycles. The van der Waals surface area contributed by atoms with Crippen LogP contribution in [0.3, 0.4) is 0 Å². The van der Waals surface area contributed by atoms with E-state index in [4.69, 9.17) is 4.74 Å². The third-order valence-electron chi connectivity index (χ3n) is 4.88. The molecule has 1 saturated carbocycles. The van der Waals surface area contributed by atoms with Crippen LogP contribution in [0, 0.1) is 5.92 Å². The number of sulfonamides is 1. The molecule has 3 rings (SSSR count). The third kappa shape index (κ3) is 3.45. The van der Waals surface area contributed by atoms with Gasteiger partial charge in [-0.1, -0.05) is 0 Å². The fourth-order valence-corrected chi connectivity index (χ4v) is 5.23. The fraction of sp³-hybridized carbons (Fsp3) is 0.929. The van der Waals surface area contributed by atoms with Gasteiger partial charge in [-0.05, 0) is 25.7 Å². The van der Waals surface area contributed by atoms with Gasteiger partial charge in [-0.15, -0.1) is 0 Å². The molecule has 22 heavy (non-hydrogen) atoms. The van der Waals surface area contributed by atoms with Crippen LogP contribution in [0.2, 0.25) is 0 Å². The average molecular weight is 332 g/mol. The second kappa shape index (κ2) is 6.43. The minimum absolute atomic E-state index is 0.105. The zero-order chi connectivity index (χ0) is 15.7. The van der Waals surface area contributed by atoms with E-state index >= 15 is 0 Å². The van der Waals surface area contributed by atoms with Gasteiger partial charge in [0.15, 0.2) is 0 Å². The van der Waals surface area contributed by atoms with E-state index in [9.17, 15) is 18.3 Å². The van der Waals surface area contributed by atoms with Gasteiger partial charge in [0.25, 0.3) is 0 Å². The normalized spacial score (nSPS) is 30.1. The first-order valence-electron chi connectivity index (χ1n) is 8.02. The predicted molar refractivity (Wildman–Crippen MR) is 80.1 cm³/mol. The Hall–Kier alpha value is -0.700. The molecule has 7 nitrogen and oxygen atoms in total. The van der Waals surface area contributed by atoms with Crippen LogP contribution in [0.5, 0.6) is 0 Å². The molecule has 126 valence electrons. The van der Waals surface area contributed by atoms with E-state index in [-0.39, 0.29) is 11.8 Å². The topological polar surface area (TPSA) is 87.2 Å². The van der Waals surface area contributed by atoms with E-state index in [1.54, 1.807) is 0 Å². The van der Waals surface area contributed by atoms with Gasteiger partial charge in [0, 0.05) is 45.4 Å². The van der Waals surface area contributed by atoms with Gasteiger partial charge < -0.3 is 9.84 Å². The average Bonchev–Trinajstić information content (AvgIpc) is 3.34. The SMILES string of the molecule is O=C(O)[C@H]1CN(C2CCOCC2)CCN(S(=O)(=O)C2CC2)C1. The van der Waals surface area contributed by atoms with Gasteiger partial charge in [0.05, 0.1) is 11.2 Å². The maximum atomic E-state index is 12.4. The summed E-state index contributed by atoms with van der Waals surface area (Å²) < 4.78 is 31.7. The maximum Gasteiger partial charge on any atom is 0.309 e. The number of rotatable bonds is 4. The van der Waals surface area contributed by atoms with Crippen LogP contribution in [-0.2, 0) is 19.6 Å². The van der Waals surface area contributed by atoms with E-state index in [1.807, 2.05) is 0 Å². The lowest BCUT2D eigenvalue weighted by atomic mass is 10.0. The van der Waals surface area contributed by atoms with Crippen LogP contribution in [0.25, 0.3) is 0 Å². The molecule has 0 aromatic rings. The Morgan fingerprint density at radius 3 is 2.32 bits per heavy atom. The lowest BCUT2D eigenvalue weighted by molar-refractivity contribution is -0.142. The summed E-state index contributed by atoms with van der Waals surface area (Å²) in [5, 5.41) is 9.16. The standard InChI is InChI=1S/C14H24N2O5S/c17-14(18)11-9-15(12-3-7-21-8-4-12)5-6-16(10-11)22(19,20)13-1-2-13/h11-13H,1-10H2,(H,17,18)/t11-/m0/s1. The zero-order valence-corrected chi connectivity index (χ0v) is 13.5. The van der Waals surface area contributed by atoms with Crippen molar-refractivity contribution < 1.29 is 23.1 Å². The zero-order valence-electron chi connectivity index (χ0n) is 12.7. The third-order valence-corrected chi connectivity index (χ3v) is 7.24. The summed E-state index contributed by atoms with van der Waals surface area (Å²) in [4.78, 5) is 13.7. The van der Waals surface area contributed by atoms with Crippen LogP contribution in [-0.4, -0.2) is 79.4 Å². The molecule has 0 radical (unpaired) electrons. The summed E-state index contributed by atoms with van der Waals surface area (Å²) >= 11 is 0. The van der Waals surface area contributed by atoms with Gasteiger partial charge >= 0.3 is 5.97 Å². The molecule has 0 spiro atoms. The van der Waals surface area contributed by atoms with Crippen molar-refractivity contribution >= 4 is 16.0 Å². The van der Waals surface area contributed by atoms with Crippen molar-refractivity contribution in [3.05, 3.63) is 0 Å². The van der Waals surface area contributed by atoms with E-state index in [0.29, 0.717) is 51.7 Å². The number of carboxylic acid groups (broad SMARTS) is 1. The van der Waals surface area contributed by atoms with Crippen molar-refractivity contribution in [3.63, 3.8) is 0 Å². The first-order chi connectivity index (χ1) is 10.5. The fourth-order valence-electron chi connectivity index (χ4n) is 3.36. The van der Waals surface area contributed by atoms with Crippen LogP contribution in [0.4, 0.5) is 0 Å². The van der Waals surface area contributed by atoms with Gasteiger partial charge in [0.2, 0.25) is 10.0 Å². The summed E-state index contributed by atoms with van der Waals surface area (Å²) in [5.41, 5.74) is 0. The van der Waals surface area contributed by atoms with E-state index in [2.05, 4.69) is 4.90 Å². The molecule has 1 N–H and O–H groups in total. The minimum Gasteiger partial charge on any atom is -0.481 e. The Balaban J connectivity index is 1.73. The molecule has 2 saturated heterocycles. The number of hydrogen-bond acceptors (Lipinski definition) is 5. The Kier molecular flexibility index (Phi) is 4.72. The Labute approximate surface area is 131 Å². The van der Waals surface area contributed by atoms with Gasteiger partial charge in [-0.3, -0.25) is 9.69 Å². The van der Waals surface area contributed by atoms with Gasteiger partial charge in [0.1, 0.15) is 0 Å². The van der Waals surface area contributed by atoms with Crippen molar-refractivity contribution in [2.24, 2.45) is 5.92 Å². The number of hydrogen-bond donors (Lipinski definition) is 1. The first-order valence-corrected chi connectivity index (χ1v) is 9.52. The molecule has 2 heterocycles. The van der Waals surface area contributed by atoms with E-state index in [1.165, 1.54) is 4.31 Å². The van der Waals surface area contributed by atoms with Crippen molar-refractivity contribution in [1.82, 2.24) is 9.21 Å². The van der Waals surface area contributed by atoms with Crippen LogP contribution in [0.15, 0.2) is 0 Å². The Morgan fingerprint density at radius 1 is 1.05 bits per heavy atom. The lowest BCUT2D eigenvalue weighted by Crippen LogP contribution is -2.43. The summed E-state index contributed by atoms with van der Waals surface area (Å²) in [6, 6.07) is 0.305. The number of nitrogens with zero attached hydrogens (tertiary/aromatic N) is 2. The van der Waals surface area contributed by atoms with Crippen LogP contribution in [0.1, 0.15) is 25.7 Å². The second-order valence-electron chi connectivity index (χ2n) is 6.48. The summed E-state index contributed by atoms with van der Waals surface area (Å²) in [7, 11) is -3.31. The van der Waals surface area contributed by atoms with E-state index < -0.39 is 21.9 Å². The predicted octanol–water partition coefficient (Wildman–Crippen LogP) is -0.0240. The van der Waals surface area contributed by atoms with Gasteiger partial charge in [-0.25, -0.2) is 8.42 Å². The highest BCUT2D eigenvalue weighted by molar-refractivity contribution is 7.90. The van der Waals surface area contributed by atoms with Crippen LogP contribution >= 0.6 is 0 Å². The number of carbonyl (C=O) groups is 1. The van der Waals surface area contributed by atoms with Crippen molar-refractivity contribution in [2.45, 2.75) is 37.0 Å². The molecule has 2 aliphatic heterocycles. The van der Waals surface area contributed by atoms with Crippen molar-refractivity contribution in [2.75, 3.05) is 39.4 Å². The number of ether oxygens (including phenoxy) is 1. The lowest BCUT2D eigenvalue weighted by Gasteiger charge is -2.34. The van der Waals surface area contributed by atoms with Gasteiger partial charge in [-0.2, -0.15) is 4.31 Å².